The van der Waals surface area contributed by atoms with Gasteiger partial charge in [0.1, 0.15) is 56.0 Å². The van der Waals surface area contributed by atoms with Crippen LogP contribution in [0.4, 0.5) is 0 Å². The molecule has 11 nitrogen and oxygen atoms in total. The average Bonchev–Trinajstić information content (AvgIpc) is 3.83. The van der Waals surface area contributed by atoms with Gasteiger partial charge in [0.15, 0.2) is 11.5 Å². The van der Waals surface area contributed by atoms with Crippen LogP contribution >= 0.6 is 15.9 Å². The lowest BCUT2D eigenvalue weighted by Gasteiger charge is -2.23. The van der Waals surface area contributed by atoms with Gasteiger partial charge in [-0.05, 0) is 96.6 Å². The van der Waals surface area contributed by atoms with E-state index in [-0.39, 0.29) is 49.8 Å². The van der Waals surface area contributed by atoms with Gasteiger partial charge in [-0.25, -0.2) is 9.59 Å². The fourth-order valence-corrected chi connectivity index (χ4v) is 6.04. The first-order chi connectivity index (χ1) is 22.2. The second-order valence-electron chi connectivity index (χ2n) is 11.2. The van der Waals surface area contributed by atoms with Crippen LogP contribution in [0.3, 0.4) is 0 Å². The van der Waals surface area contributed by atoms with Crippen LogP contribution in [-0.4, -0.2) is 48.1 Å². The van der Waals surface area contributed by atoms with Crippen LogP contribution in [0.25, 0.3) is 0 Å². The predicted molar refractivity (Wildman–Crippen MR) is 172 cm³/mol. The number of halogens is 1. The molecule has 2 aliphatic carbocycles. The summed E-state index contributed by atoms with van der Waals surface area (Å²) in [6.45, 7) is 8.02. The van der Waals surface area contributed by atoms with E-state index in [1.54, 1.807) is 19.9 Å². The number of carbonyl (C=O) groups is 4. The van der Waals surface area contributed by atoms with Crippen molar-refractivity contribution in [2.24, 2.45) is 5.92 Å². The van der Waals surface area contributed by atoms with E-state index >= 15 is 0 Å². The molecule has 0 saturated carbocycles. The Morgan fingerprint density at radius 3 is 2.11 bits per heavy atom. The highest BCUT2D eigenvalue weighted by molar-refractivity contribution is 9.10. The number of esters is 3. The monoisotopic (exact) mass is 706 g/mol. The Morgan fingerprint density at radius 1 is 0.766 bits per heavy atom. The third-order valence-electron chi connectivity index (χ3n) is 8.40. The summed E-state index contributed by atoms with van der Waals surface area (Å²) in [5, 5.41) is 21.9. The van der Waals surface area contributed by atoms with Crippen molar-refractivity contribution in [3.05, 3.63) is 90.7 Å². The van der Waals surface area contributed by atoms with Gasteiger partial charge in [-0.3, -0.25) is 9.59 Å². The second-order valence-corrected chi connectivity index (χ2v) is 12.0. The predicted octanol–water partition coefficient (Wildman–Crippen LogP) is 6.03. The molecule has 0 bridgehead atoms. The lowest BCUT2D eigenvalue weighted by molar-refractivity contribution is -0.137. The highest BCUT2D eigenvalue weighted by Crippen LogP contribution is 2.45. The number of fused-ring (bicyclic) bond motifs is 1. The molecule has 3 aromatic carbocycles. The third-order valence-corrected chi connectivity index (χ3v) is 9.13. The molecule has 0 radical (unpaired) electrons. The highest BCUT2D eigenvalue weighted by atomic mass is 79.9. The lowest BCUT2D eigenvalue weighted by Crippen LogP contribution is -2.28. The number of methoxy groups -OCH3 is 2. The van der Waals surface area contributed by atoms with Crippen molar-refractivity contribution in [3.63, 3.8) is 0 Å². The molecule has 0 amide bonds. The van der Waals surface area contributed by atoms with Gasteiger partial charge in [0.25, 0.3) is 0 Å². The van der Waals surface area contributed by atoms with Crippen LogP contribution in [0.15, 0.2) is 46.2 Å². The topological polar surface area (TPSA) is 155 Å². The van der Waals surface area contributed by atoms with Crippen molar-refractivity contribution >= 4 is 39.6 Å². The molecule has 0 fully saturated rings. The zero-order chi connectivity index (χ0) is 34.5. The number of ether oxygens (including phenoxy) is 5. The molecular formula is C35H31BrO11. The van der Waals surface area contributed by atoms with Gasteiger partial charge < -0.3 is 33.9 Å². The quantitative estimate of drug-likeness (QED) is 0.163. The first kappa shape index (κ1) is 33.3. The number of benzene rings is 3. The summed E-state index contributed by atoms with van der Waals surface area (Å²) in [5.74, 6) is -3.92. The van der Waals surface area contributed by atoms with E-state index < -0.39 is 35.3 Å². The Labute approximate surface area is 278 Å². The van der Waals surface area contributed by atoms with Crippen LogP contribution < -0.4 is 18.9 Å². The van der Waals surface area contributed by atoms with Gasteiger partial charge in [0.05, 0.1) is 14.2 Å². The van der Waals surface area contributed by atoms with E-state index in [4.69, 9.17) is 23.7 Å². The molecule has 1 atom stereocenters. The molecule has 47 heavy (non-hydrogen) atoms. The number of carbonyl (C=O) groups excluding carboxylic acids is 4. The van der Waals surface area contributed by atoms with Crippen molar-refractivity contribution in [2.75, 3.05) is 14.2 Å². The summed E-state index contributed by atoms with van der Waals surface area (Å²) in [4.78, 5) is 51.5. The minimum absolute atomic E-state index is 0.0385. The Hall–Kier alpha value is -5.10. The van der Waals surface area contributed by atoms with Crippen LogP contribution in [-0.2, 0) is 20.7 Å². The van der Waals surface area contributed by atoms with Gasteiger partial charge in [0.2, 0.25) is 0 Å². The van der Waals surface area contributed by atoms with E-state index in [0.717, 1.165) is 23.1 Å². The molecule has 0 heterocycles. The van der Waals surface area contributed by atoms with E-state index in [2.05, 4.69) is 15.9 Å². The molecule has 0 saturated heterocycles. The second kappa shape index (κ2) is 12.6. The Morgan fingerprint density at radius 2 is 1.45 bits per heavy atom. The molecular weight excluding hydrogens is 676 g/mol. The molecule has 0 aromatic heterocycles. The van der Waals surface area contributed by atoms with E-state index in [9.17, 15) is 29.4 Å². The molecule has 3 aromatic rings. The van der Waals surface area contributed by atoms with Crippen LogP contribution in [0.1, 0.15) is 61.0 Å². The normalized spacial score (nSPS) is 14.8. The molecule has 2 aliphatic rings. The Kier molecular flexibility index (Phi) is 8.92. The number of rotatable bonds is 8. The molecule has 2 N–H and O–H groups in total. The molecule has 12 heteroatoms. The van der Waals surface area contributed by atoms with Gasteiger partial charge in [-0.1, -0.05) is 0 Å². The van der Waals surface area contributed by atoms with Crippen molar-refractivity contribution < 1.29 is 53.1 Å². The van der Waals surface area contributed by atoms with E-state index in [0.29, 0.717) is 22.6 Å². The number of ketones is 1. The Bertz CT molecular complexity index is 1940. The number of phenols is 2. The maximum atomic E-state index is 13.4. The van der Waals surface area contributed by atoms with Crippen LogP contribution in [0.2, 0.25) is 0 Å². The van der Waals surface area contributed by atoms with Crippen molar-refractivity contribution in [2.45, 2.75) is 41.0 Å². The largest absolute Gasteiger partial charge is 0.507 e. The number of hydrogen-bond donors (Lipinski definition) is 2. The zero-order valence-electron chi connectivity index (χ0n) is 26.6. The lowest BCUT2D eigenvalue weighted by atomic mass is 9.92. The first-order valence-corrected chi connectivity index (χ1v) is 15.2. The van der Waals surface area contributed by atoms with Crippen molar-refractivity contribution in [1.82, 2.24) is 0 Å². The maximum Gasteiger partial charge on any atom is 0.347 e. The summed E-state index contributed by atoms with van der Waals surface area (Å²) in [6.07, 6.45) is 3.25. The first-order valence-electron chi connectivity index (χ1n) is 14.4. The SMILES string of the molecule is COC1=CC(=O)C=C(C)C1C(=O)Oc1c(C)c(C)c(C(=O)Oc2ccc(C(=O)Oc3cc(OC)c4c(c3C)C4)c(O)c2C)c(O)c1Br. The summed E-state index contributed by atoms with van der Waals surface area (Å²) < 4.78 is 27.3. The molecule has 5 rings (SSSR count). The number of aromatic hydroxyl groups is 2. The van der Waals surface area contributed by atoms with Crippen molar-refractivity contribution in [3.8, 4) is 34.5 Å². The minimum Gasteiger partial charge on any atom is -0.507 e. The fraction of sp³-hybridized carbons (Fsp3) is 0.257. The van der Waals surface area contributed by atoms with Gasteiger partial charge >= 0.3 is 17.9 Å². The smallest absolute Gasteiger partial charge is 0.347 e. The molecule has 244 valence electrons. The zero-order valence-corrected chi connectivity index (χ0v) is 28.2. The summed E-state index contributed by atoms with van der Waals surface area (Å²) in [5.41, 5.74) is 3.65. The van der Waals surface area contributed by atoms with E-state index in [1.807, 2.05) is 6.92 Å². The number of hydrogen-bond acceptors (Lipinski definition) is 11. The van der Waals surface area contributed by atoms with Crippen molar-refractivity contribution in [1.29, 1.82) is 0 Å². The molecule has 0 spiro atoms. The third kappa shape index (κ3) is 5.96. The standard InChI is InChI=1S/C35H31BrO11/c1-14-10-19(37)11-26(44-7)27(14)34(41)47-32-16(3)15(2)28(31(39)29(32)36)35(42)45-23-9-8-20(30(38)18(23)5)33(40)46-24-13-25(43-6)22-12-21(22)17(24)4/h8-11,13,27,38-39H,12H2,1-7H3. The fourth-order valence-electron chi connectivity index (χ4n) is 5.47. The van der Waals surface area contributed by atoms with Crippen LogP contribution in [0.5, 0.6) is 34.5 Å². The summed E-state index contributed by atoms with van der Waals surface area (Å²) >= 11 is 3.23. The van der Waals surface area contributed by atoms with Gasteiger partial charge in [0, 0.05) is 29.7 Å². The molecule has 1 unspecified atom stereocenters. The Balaban J connectivity index is 1.37. The number of phenolic OH excluding ortho intramolecular Hbond substituents is 2. The maximum absolute atomic E-state index is 13.4. The van der Waals surface area contributed by atoms with Gasteiger partial charge in [-0.15, -0.1) is 0 Å². The highest BCUT2D eigenvalue weighted by Gasteiger charge is 2.34. The summed E-state index contributed by atoms with van der Waals surface area (Å²) in [6, 6.07) is 4.23. The average molecular weight is 708 g/mol. The number of allylic oxidation sites excluding steroid dienone is 2. The van der Waals surface area contributed by atoms with Gasteiger partial charge in [-0.2, -0.15) is 0 Å². The minimum atomic E-state index is -0.988. The molecule has 0 aliphatic heterocycles. The van der Waals surface area contributed by atoms with E-state index in [1.165, 1.54) is 52.4 Å². The van der Waals surface area contributed by atoms with Crippen LogP contribution in [0, 0.1) is 33.6 Å². The summed E-state index contributed by atoms with van der Waals surface area (Å²) in [7, 11) is 2.87.